The minimum atomic E-state index is -0.911. The number of carboxylic acids is 1. The second-order valence-electron chi connectivity index (χ2n) is 9.80. The zero-order valence-corrected chi connectivity index (χ0v) is 19.8. The summed E-state index contributed by atoms with van der Waals surface area (Å²) in [5.74, 6) is -0.0484. The van der Waals surface area contributed by atoms with E-state index in [-0.39, 0.29) is 17.9 Å². The third-order valence-electron chi connectivity index (χ3n) is 7.43. The van der Waals surface area contributed by atoms with E-state index in [9.17, 15) is 14.7 Å². The lowest BCUT2D eigenvalue weighted by atomic mass is 9.82. The summed E-state index contributed by atoms with van der Waals surface area (Å²) in [6.45, 7) is 4.16. The van der Waals surface area contributed by atoms with E-state index >= 15 is 0 Å². The summed E-state index contributed by atoms with van der Waals surface area (Å²) < 4.78 is 0. The molecule has 1 aromatic heterocycles. The van der Waals surface area contributed by atoms with Gasteiger partial charge in [-0.3, -0.25) is 4.79 Å². The molecule has 5 nitrogen and oxygen atoms in total. The quantitative estimate of drug-likeness (QED) is 0.637. The normalized spacial score (nSPS) is 25.8. The van der Waals surface area contributed by atoms with Gasteiger partial charge >= 0.3 is 5.97 Å². The third-order valence-corrected chi connectivity index (χ3v) is 8.62. The van der Waals surface area contributed by atoms with E-state index in [1.165, 1.54) is 23.3 Å². The summed E-state index contributed by atoms with van der Waals surface area (Å²) in [5, 5.41) is 10.0. The van der Waals surface area contributed by atoms with Gasteiger partial charge in [-0.2, -0.15) is 0 Å². The number of piperidine rings is 1. The third kappa shape index (κ3) is 5.06. The van der Waals surface area contributed by atoms with Crippen molar-refractivity contribution in [1.82, 2.24) is 4.90 Å². The van der Waals surface area contributed by atoms with Crippen molar-refractivity contribution in [2.75, 3.05) is 25.0 Å². The van der Waals surface area contributed by atoms with Crippen LogP contribution in [0, 0.1) is 11.8 Å². The maximum atomic E-state index is 13.9. The smallest absolute Gasteiger partial charge is 0.348 e. The first-order valence-corrected chi connectivity index (χ1v) is 12.8. The predicted molar refractivity (Wildman–Crippen MR) is 127 cm³/mol. The first-order chi connectivity index (χ1) is 14.9. The first kappa shape index (κ1) is 22.5. The molecule has 0 radical (unpaired) electrons. The number of hydrogen-bond donors (Lipinski definition) is 1. The molecule has 2 fully saturated rings. The van der Waals surface area contributed by atoms with Crippen LogP contribution in [0.3, 0.4) is 0 Å². The van der Waals surface area contributed by atoms with Gasteiger partial charge in [0.25, 0.3) is 0 Å². The molecule has 2 aliphatic carbocycles. The second kappa shape index (κ2) is 9.86. The van der Waals surface area contributed by atoms with Crippen LogP contribution >= 0.6 is 11.3 Å². The molecule has 0 atom stereocenters. The summed E-state index contributed by atoms with van der Waals surface area (Å²) in [5.41, 5.74) is 1.91. The zero-order valence-electron chi connectivity index (χ0n) is 18.9. The van der Waals surface area contributed by atoms with Gasteiger partial charge in [0.2, 0.25) is 5.91 Å². The molecular formula is C25H36N2O3S. The molecule has 1 aliphatic heterocycles. The molecule has 3 aliphatic rings. The molecule has 1 amide bonds. The Kier molecular flexibility index (Phi) is 7.17. The lowest BCUT2D eigenvalue weighted by Crippen LogP contribution is -2.49. The average molecular weight is 445 g/mol. The van der Waals surface area contributed by atoms with E-state index in [1.54, 1.807) is 0 Å². The minimum absolute atomic E-state index is 0.0229. The van der Waals surface area contributed by atoms with Gasteiger partial charge in [0.15, 0.2) is 0 Å². The van der Waals surface area contributed by atoms with Crippen LogP contribution in [0.4, 0.5) is 5.69 Å². The number of allylic oxidation sites excluding steroid dienone is 2. The topological polar surface area (TPSA) is 60.9 Å². The Morgan fingerprint density at radius 2 is 1.81 bits per heavy atom. The van der Waals surface area contributed by atoms with Gasteiger partial charge in [-0.05, 0) is 102 Å². The van der Waals surface area contributed by atoms with E-state index in [4.69, 9.17) is 0 Å². The standard InChI is InChI=1S/C25H36N2O3S/c1-17-8-10-19(11-9-17)24(28)27(20-12-14-26(2)15-13-20)21-16-22(31-23(21)25(29)30)18-6-4-3-5-7-18/h6,16-17,19-20H,3-5,7-15H2,1-2H3,(H,29,30). The molecule has 0 bridgehead atoms. The van der Waals surface area contributed by atoms with Crippen molar-refractivity contribution < 1.29 is 14.7 Å². The summed E-state index contributed by atoms with van der Waals surface area (Å²) in [6.07, 6.45) is 12.5. The van der Waals surface area contributed by atoms with Crippen molar-refractivity contribution in [1.29, 1.82) is 0 Å². The molecule has 1 N–H and O–H groups in total. The van der Waals surface area contributed by atoms with Crippen molar-refractivity contribution in [2.24, 2.45) is 11.8 Å². The Morgan fingerprint density at radius 3 is 2.42 bits per heavy atom. The number of anilines is 1. The number of carbonyl (C=O) groups excluding carboxylic acids is 1. The van der Waals surface area contributed by atoms with E-state index in [2.05, 4.69) is 24.9 Å². The average Bonchev–Trinajstić information content (AvgIpc) is 3.22. The largest absolute Gasteiger partial charge is 0.477 e. The lowest BCUT2D eigenvalue weighted by molar-refractivity contribution is -0.124. The zero-order chi connectivity index (χ0) is 22.0. The van der Waals surface area contributed by atoms with Crippen LogP contribution in [0.25, 0.3) is 5.57 Å². The van der Waals surface area contributed by atoms with Crippen LogP contribution in [0.2, 0.25) is 0 Å². The number of aromatic carboxylic acids is 1. The summed E-state index contributed by atoms with van der Waals surface area (Å²) in [4.78, 5) is 31.7. The van der Waals surface area contributed by atoms with Gasteiger partial charge in [0, 0.05) is 16.8 Å². The number of nitrogens with zero attached hydrogens (tertiary/aromatic N) is 2. The molecule has 1 saturated carbocycles. The highest BCUT2D eigenvalue weighted by Gasteiger charge is 2.37. The highest BCUT2D eigenvalue weighted by atomic mass is 32.1. The number of likely N-dealkylation sites (tertiary alicyclic amines) is 1. The van der Waals surface area contributed by atoms with E-state index < -0.39 is 5.97 Å². The molecule has 1 aromatic rings. The van der Waals surface area contributed by atoms with E-state index in [0.717, 1.165) is 75.8 Å². The molecule has 0 aromatic carbocycles. The van der Waals surface area contributed by atoms with Crippen LogP contribution in [-0.2, 0) is 4.79 Å². The van der Waals surface area contributed by atoms with Crippen LogP contribution < -0.4 is 4.90 Å². The molecule has 6 heteroatoms. The molecule has 0 unspecified atom stereocenters. The van der Waals surface area contributed by atoms with Crippen molar-refractivity contribution in [3.63, 3.8) is 0 Å². The summed E-state index contributed by atoms with van der Waals surface area (Å²) >= 11 is 1.36. The molecular weight excluding hydrogens is 408 g/mol. The Labute approximate surface area is 190 Å². The van der Waals surface area contributed by atoms with Crippen molar-refractivity contribution in [3.05, 3.63) is 21.9 Å². The highest BCUT2D eigenvalue weighted by molar-refractivity contribution is 7.15. The van der Waals surface area contributed by atoms with Crippen LogP contribution in [0.15, 0.2) is 12.1 Å². The minimum Gasteiger partial charge on any atom is -0.477 e. The predicted octanol–water partition coefficient (Wildman–Crippen LogP) is 5.66. The van der Waals surface area contributed by atoms with Gasteiger partial charge in [-0.1, -0.05) is 13.0 Å². The Hall–Kier alpha value is -1.66. The van der Waals surface area contributed by atoms with Crippen molar-refractivity contribution in [2.45, 2.75) is 77.2 Å². The summed E-state index contributed by atoms with van der Waals surface area (Å²) in [6, 6.07) is 2.11. The first-order valence-electron chi connectivity index (χ1n) is 12.0. The van der Waals surface area contributed by atoms with Gasteiger partial charge in [0.05, 0.1) is 5.69 Å². The van der Waals surface area contributed by atoms with E-state index in [1.807, 2.05) is 11.0 Å². The fourth-order valence-corrected chi connectivity index (χ4v) is 6.44. The van der Waals surface area contributed by atoms with Gasteiger partial charge in [-0.25, -0.2) is 4.79 Å². The number of rotatable bonds is 5. The van der Waals surface area contributed by atoms with Crippen molar-refractivity contribution >= 4 is 34.5 Å². The van der Waals surface area contributed by atoms with Crippen LogP contribution in [0.1, 0.15) is 85.7 Å². The van der Waals surface area contributed by atoms with Gasteiger partial charge in [0.1, 0.15) is 4.88 Å². The monoisotopic (exact) mass is 444 g/mol. The molecule has 2 heterocycles. The molecule has 4 rings (SSSR count). The lowest BCUT2D eigenvalue weighted by Gasteiger charge is -2.39. The fourth-order valence-electron chi connectivity index (χ4n) is 5.39. The number of carboxylic acid groups (broad SMARTS) is 1. The van der Waals surface area contributed by atoms with Gasteiger partial charge < -0.3 is 14.9 Å². The number of hydrogen-bond acceptors (Lipinski definition) is 4. The van der Waals surface area contributed by atoms with Crippen molar-refractivity contribution in [3.8, 4) is 0 Å². The maximum Gasteiger partial charge on any atom is 0.348 e. The Bertz CT molecular complexity index is 830. The SMILES string of the molecule is CC1CCC(C(=O)N(c2cc(C3=CCCCC3)sc2C(=O)O)C2CCN(C)CC2)CC1. The second-order valence-corrected chi connectivity index (χ2v) is 10.9. The molecule has 0 spiro atoms. The molecule has 1 saturated heterocycles. The van der Waals surface area contributed by atoms with Gasteiger partial charge in [-0.15, -0.1) is 11.3 Å². The fraction of sp³-hybridized carbons (Fsp3) is 0.680. The number of thiophene rings is 1. The van der Waals surface area contributed by atoms with Crippen LogP contribution in [-0.4, -0.2) is 48.1 Å². The Morgan fingerprint density at radius 1 is 1.10 bits per heavy atom. The highest BCUT2D eigenvalue weighted by Crippen LogP contribution is 2.41. The number of amides is 1. The van der Waals surface area contributed by atoms with Crippen LogP contribution in [0.5, 0.6) is 0 Å². The Balaban J connectivity index is 1.70. The molecule has 31 heavy (non-hydrogen) atoms. The molecule has 170 valence electrons. The summed E-state index contributed by atoms with van der Waals surface area (Å²) in [7, 11) is 2.12. The maximum absolute atomic E-state index is 13.9. The van der Waals surface area contributed by atoms with E-state index in [0.29, 0.717) is 16.5 Å². The number of carbonyl (C=O) groups is 2.